The molecule has 1 aromatic heterocycles. The molecule has 0 radical (unpaired) electrons. The molecule has 0 fully saturated rings. The summed E-state index contributed by atoms with van der Waals surface area (Å²) in [5.41, 5.74) is 2.71. The number of ether oxygens (including phenoxy) is 2. The number of nitrogens with zero attached hydrogens (tertiary/aromatic N) is 2. The maximum Gasteiger partial charge on any atom is 0.573 e. The van der Waals surface area contributed by atoms with Gasteiger partial charge in [-0.3, -0.25) is 4.79 Å². The Morgan fingerprint density at radius 3 is 2.84 bits per heavy atom. The number of halogens is 3. The number of carboxylic acid groups (broad SMARTS) is 1. The molecule has 0 bridgehead atoms. The second-order valence-electron chi connectivity index (χ2n) is 7.16. The van der Waals surface area contributed by atoms with E-state index < -0.39 is 18.1 Å². The number of aliphatic carboxylic acids is 1. The highest BCUT2D eigenvalue weighted by molar-refractivity contribution is 5.71. The summed E-state index contributed by atoms with van der Waals surface area (Å²) in [6.45, 7) is 0. The van der Waals surface area contributed by atoms with Crippen LogP contribution in [0.5, 0.6) is 11.5 Å². The van der Waals surface area contributed by atoms with Gasteiger partial charge in [0.25, 0.3) is 5.89 Å². The Balaban J connectivity index is 1.58. The number of carbonyl (C=O) groups is 1. The number of aromatic nitrogens is 2. The Morgan fingerprint density at radius 2 is 2.12 bits per heavy atom. The summed E-state index contributed by atoms with van der Waals surface area (Å²) in [6, 6.07) is 9.50. The molecule has 0 amide bonds. The third-order valence-electron chi connectivity index (χ3n) is 4.96. The molecular weight excluding hydrogens is 431 g/mol. The molecule has 3 aromatic rings. The van der Waals surface area contributed by atoms with E-state index in [2.05, 4.69) is 20.2 Å². The fourth-order valence-electron chi connectivity index (χ4n) is 3.60. The zero-order chi connectivity index (χ0) is 22.9. The van der Waals surface area contributed by atoms with Crippen molar-refractivity contribution in [2.75, 3.05) is 12.4 Å². The smallest absolute Gasteiger partial charge is 0.492 e. The monoisotopic (exact) mass is 449 g/mol. The third-order valence-corrected chi connectivity index (χ3v) is 4.96. The minimum atomic E-state index is -4.88. The molecule has 0 saturated heterocycles. The molecule has 1 unspecified atom stereocenters. The molecule has 0 spiro atoms. The standard InChI is InChI=1S/C21H18F3N3O5/c1-30-18-14(3-2-4-16(18)31-21(22,23)24)20-26-19(27-32-20)11-5-7-15-12(9-11)10-13(25-15)6-8-17(28)29/h2-5,7,9,13,25H,6,8,10H2,1H3,(H,28,29). The largest absolute Gasteiger partial charge is 0.573 e. The summed E-state index contributed by atoms with van der Waals surface area (Å²) in [6.07, 6.45) is -3.65. The maximum atomic E-state index is 12.7. The van der Waals surface area contributed by atoms with Crippen LogP contribution in [0.3, 0.4) is 0 Å². The van der Waals surface area contributed by atoms with Gasteiger partial charge in [0.1, 0.15) is 0 Å². The number of hydrogen-bond donors (Lipinski definition) is 2. The van der Waals surface area contributed by atoms with Crippen LogP contribution < -0.4 is 14.8 Å². The quantitative estimate of drug-likeness (QED) is 0.543. The van der Waals surface area contributed by atoms with Crippen molar-refractivity contribution < 1.29 is 37.1 Å². The number of benzene rings is 2. The lowest BCUT2D eigenvalue weighted by molar-refractivity contribution is -0.275. The number of alkyl halides is 3. The van der Waals surface area contributed by atoms with Gasteiger partial charge in [-0.1, -0.05) is 11.2 Å². The molecule has 11 heteroatoms. The summed E-state index contributed by atoms with van der Waals surface area (Å²) in [5.74, 6) is -1.32. The van der Waals surface area contributed by atoms with Crippen LogP contribution in [0.15, 0.2) is 40.9 Å². The van der Waals surface area contributed by atoms with Crippen molar-refractivity contribution in [1.82, 2.24) is 10.1 Å². The average Bonchev–Trinajstić information content (AvgIpc) is 3.37. The maximum absolute atomic E-state index is 12.7. The number of fused-ring (bicyclic) bond motifs is 1. The molecule has 168 valence electrons. The van der Waals surface area contributed by atoms with E-state index in [-0.39, 0.29) is 35.5 Å². The van der Waals surface area contributed by atoms with E-state index in [0.29, 0.717) is 18.4 Å². The Bertz CT molecular complexity index is 1150. The van der Waals surface area contributed by atoms with E-state index in [1.54, 1.807) is 6.07 Å². The third kappa shape index (κ3) is 4.61. The average molecular weight is 449 g/mol. The van der Waals surface area contributed by atoms with E-state index in [1.165, 1.54) is 19.2 Å². The molecule has 1 aliphatic heterocycles. The fourth-order valence-corrected chi connectivity index (χ4v) is 3.60. The number of methoxy groups -OCH3 is 1. The van der Waals surface area contributed by atoms with Crippen LogP contribution in [-0.4, -0.2) is 40.7 Å². The van der Waals surface area contributed by atoms with E-state index in [1.807, 2.05) is 12.1 Å². The SMILES string of the molecule is COc1c(OC(F)(F)F)cccc1-c1nc(-c2ccc3c(c2)CC(CCC(=O)O)N3)no1. The van der Waals surface area contributed by atoms with Crippen molar-refractivity contribution in [3.8, 4) is 34.3 Å². The summed E-state index contributed by atoms with van der Waals surface area (Å²) in [7, 11) is 1.22. The Hall–Kier alpha value is -3.76. The summed E-state index contributed by atoms with van der Waals surface area (Å²) < 4.78 is 52.4. The molecule has 4 rings (SSSR count). The number of hydrogen-bond acceptors (Lipinski definition) is 7. The molecular formula is C21H18F3N3O5. The molecule has 1 atom stereocenters. The molecule has 1 aliphatic rings. The second-order valence-corrected chi connectivity index (χ2v) is 7.16. The normalized spacial score (nSPS) is 15.2. The number of rotatable bonds is 7. The number of nitrogens with one attached hydrogen (secondary N) is 1. The lowest BCUT2D eigenvalue weighted by Crippen LogP contribution is -2.17. The van der Waals surface area contributed by atoms with Crippen LogP contribution in [-0.2, 0) is 11.2 Å². The Kier molecular flexibility index (Phi) is 5.64. The van der Waals surface area contributed by atoms with Crippen molar-refractivity contribution in [2.24, 2.45) is 0 Å². The molecule has 32 heavy (non-hydrogen) atoms. The lowest BCUT2D eigenvalue weighted by Gasteiger charge is -2.13. The number of carboxylic acids is 1. The highest BCUT2D eigenvalue weighted by atomic mass is 19.4. The first-order valence-electron chi connectivity index (χ1n) is 9.62. The van der Waals surface area contributed by atoms with Gasteiger partial charge in [0.05, 0.1) is 12.7 Å². The van der Waals surface area contributed by atoms with Gasteiger partial charge in [-0.2, -0.15) is 4.98 Å². The Labute approximate surface area is 180 Å². The van der Waals surface area contributed by atoms with Gasteiger partial charge < -0.3 is 24.4 Å². The van der Waals surface area contributed by atoms with Gasteiger partial charge in [0, 0.05) is 23.7 Å². The fraction of sp³-hybridized carbons (Fsp3) is 0.286. The van der Waals surface area contributed by atoms with Gasteiger partial charge in [0.2, 0.25) is 5.82 Å². The van der Waals surface area contributed by atoms with Crippen molar-refractivity contribution in [3.05, 3.63) is 42.0 Å². The van der Waals surface area contributed by atoms with Crippen LogP contribution in [0.1, 0.15) is 18.4 Å². The second kappa shape index (κ2) is 8.40. The topological polar surface area (TPSA) is 107 Å². The predicted octanol–water partition coefficient (Wildman–Crippen LogP) is 4.51. The summed E-state index contributed by atoms with van der Waals surface area (Å²) >= 11 is 0. The molecule has 2 N–H and O–H groups in total. The molecule has 0 saturated carbocycles. The highest BCUT2D eigenvalue weighted by Crippen LogP contribution is 2.40. The summed E-state index contributed by atoms with van der Waals surface area (Å²) in [4.78, 5) is 15.1. The first-order chi connectivity index (χ1) is 15.2. The van der Waals surface area contributed by atoms with Crippen molar-refractivity contribution in [3.63, 3.8) is 0 Å². The number of anilines is 1. The Morgan fingerprint density at radius 1 is 1.31 bits per heavy atom. The van der Waals surface area contributed by atoms with E-state index >= 15 is 0 Å². The lowest BCUT2D eigenvalue weighted by atomic mass is 10.0. The number of para-hydroxylation sites is 1. The molecule has 0 aliphatic carbocycles. The van der Waals surface area contributed by atoms with E-state index in [4.69, 9.17) is 14.4 Å². The minimum absolute atomic E-state index is 0.0255. The van der Waals surface area contributed by atoms with Crippen LogP contribution >= 0.6 is 0 Å². The zero-order valence-corrected chi connectivity index (χ0v) is 16.8. The summed E-state index contributed by atoms with van der Waals surface area (Å²) in [5, 5.41) is 16.1. The first kappa shape index (κ1) is 21.5. The van der Waals surface area contributed by atoms with E-state index in [9.17, 15) is 18.0 Å². The van der Waals surface area contributed by atoms with E-state index in [0.717, 1.165) is 17.3 Å². The molecule has 8 nitrogen and oxygen atoms in total. The van der Waals surface area contributed by atoms with Crippen molar-refractivity contribution in [2.45, 2.75) is 31.7 Å². The van der Waals surface area contributed by atoms with Gasteiger partial charge in [-0.15, -0.1) is 13.2 Å². The van der Waals surface area contributed by atoms with Gasteiger partial charge in [-0.25, -0.2) is 0 Å². The first-order valence-corrected chi connectivity index (χ1v) is 9.62. The highest BCUT2D eigenvalue weighted by Gasteiger charge is 2.33. The van der Waals surface area contributed by atoms with Crippen LogP contribution in [0.4, 0.5) is 18.9 Å². The van der Waals surface area contributed by atoms with Crippen molar-refractivity contribution in [1.29, 1.82) is 0 Å². The molecule has 2 heterocycles. The zero-order valence-electron chi connectivity index (χ0n) is 16.8. The minimum Gasteiger partial charge on any atom is -0.492 e. The van der Waals surface area contributed by atoms with Crippen LogP contribution in [0.25, 0.3) is 22.8 Å². The van der Waals surface area contributed by atoms with Crippen LogP contribution in [0, 0.1) is 0 Å². The van der Waals surface area contributed by atoms with Gasteiger partial charge in [-0.05, 0) is 48.7 Å². The van der Waals surface area contributed by atoms with Gasteiger partial charge in [0.15, 0.2) is 11.5 Å². The van der Waals surface area contributed by atoms with Gasteiger partial charge >= 0.3 is 12.3 Å². The molecule has 2 aromatic carbocycles. The van der Waals surface area contributed by atoms with Crippen LogP contribution in [0.2, 0.25) is 0 Å². The van der Waals surface area contributed by atoms with Crippen molar-refractivity contribution >= 4 is 11.7 Å². The predicted molar refractivity (Wildman–Crippen MR) is 106 cm³/mol.